The third-order valence-electron chi connectivity index (χ3n) is 5.25. The lowest BCUT2D eigenvalue weighted by Crippen LogP contribution is -2.37. The molecular formula is C19H29ClN4O2. The summed E-state index contributed by atoms with van der Waals surface area (Å²) in [6, 6.07) is 4.40. The fourth-order valence-electron chi connectivity index (χ4n) is 3.53. The number of hydrogen-bond donors (Lipinski definition) is 2. The van der Waals surface area contributed by atoms with Crippen LogP contribution in [0.3, 0.4) is 0 Å². The number of nitrogens with two attached hydrogens (primary N) is 1. The van der Waals surface area contributed by atoms with E-state index < -0.39 is 12.0 Å². The number of nitrogens with zero attached hydrogens (tertiary/aromatic N) is 2. The summed E-state index contributed by atoms with van der Waals surface area (Å²) in [5, 5.41) is 3.40. The Balaban J connectivity index is 1.39. The number of pyridine rings is 1. The number of fused-ring (bicyclic) bond motifs is 1. The second-order valence-corrected chi connectivity index (χ2v) is 7.51. The Bertz CT molecular complexity index is 609. The van der Waals surface area contributed by atoms with Gasteiger partial charge >= 0.3 is 5.97 Å². The predicted octanol–water partition coefficient (Wildman–Crippen LogP) is 2.64. The highest BCUT2D eigenvalue weighted by atomic mass is 35.5. The van der Waals surface area contributed by atoms with Crippen molar-refractivity contribution in [3.63, 3.8) is 0 Å². The van der Waals surface area contributed by atoms with Crippen LogP contribution in [0.2, 0.25) is 0 Å². The van der Waals surface area contributed by atoms with Crippen molar-refractivity contribution < 1.29 is 9.08 Å². The number of aryl methyl sites for hydroxylation is 2. The van der Waals surface area contributed by atoms with Crippen molar-refractivity contribution in [1.29, 1.82) is 0 Å². The van der Waals surface area contributed by atoms with E-state index in [4.69, 9.17) is 22.6 Å². The Morgan fingerprint density at radius 2 is 2.23 bits per heavy atom. The quantitative estimate of drug-likeness (QED) is 0.607. The molecule has 0 radical (unpaired) electrons. The van der Waals surface area contributed by atoms with Crippen molar-refractivity contribution in [2.75, 3.05) is 25.0 Å². The highest BCUT2D eigenvalue weighted by molar-refractivity contribution is 6.13. The maximum Gasteiger partial charge on any atom is 0.341 e. The van der Waals surface area contributed by atoms with Gasteiger partial charge < -0.3 is 20.2 Å². The Kier molecular flexibility index (Phi) is 7.11. The van der Waals surface area contributed by atoms with Gasteiger partial charge in [0.25, 0.3) is 0 Å². The minimum Gasteiger partial charge on any atom is -0.370 e. The van der Waals surface area contributed by atoms with Crippen molar-refractivity contribution in [1.82, 2.24) is 9.88 Å². The third kappa shape index (κ3) is 5.56. The smallest absolute Gasteiger partial charge is 0.341 e. The highest BCUT2D eigenvalue weighted by Crippen LogP contribution is 2.27. The van der Waals surface area contributed by atoms with E-state index in [1.54, 1.807) is 0 Å². The zero-order valence-corrected chi connectivity index (χ0v) is 16.0. The molecule has 1 aliphatic carbocycles. The Labute approximate surface area is 160 Å². The number of unbranched alkanes of at least 4 members (excludes halogenated alkanes) is 1. The van der Waals surface area contributed by atoms with Crippen LogP contribution >= 0.6 is 11.9 Å². The van der Waals surface area contributed by atoms with Crippen molar-refractivity contribution >= 4 is 23.7 Å². The standard InChI is InChI=1S/C19H29ClN4O2/c20-26-19(25)17(21)10-13-24(16-8-9-16)12-2-1-5-15-7-6-14-4-3-11-22-18(14)23-15/h6-7,16-17H,1-5,8-13,21H2,(H,22,23)/t17-/m0/s1. The van der Waals surface area contributed by atoms with Crippen LogP contribution in [0, 0.1) is 0 Å². The maximum atomic E-state index is 11.3. The van der Waals surface area contributed by atoms with Gasteiger partial charge in [0.05, 0.1) is 0 Å². The van der Waals surface area contributed by atoms with E-state index in [0.29, 0.717) is 12.5 Å². The summed E-state index contributed by atoms with van der Waals surface area (Å²) >= 11 is 5.09. The van der Waals surface area contributed by atoms with Crippen molar-refractivity contribution in [3.05, 3.63) is 23.4 Å². The van der Waals surface area contributed by atoms with Crippen LogP contribution < -0.4 is 11.1 Å². The van der Waals surface area contributed by atoms with E-state index in [9.17, 15) is 4.79 Å². The number of hydrogen-bond acceptors (Lipinski definition) is 6. The van der Waals surface area contributed by atoms with E-state index in [2.05, 4.69) is 26.6 Å². The minimum absolute atomic E-state index is 0.547. The number of nitrogens with one attached hydrogen (secondary N) is 1. The van der Waals surface area contributed by atoms with Crippen molar-refractivity contribution in [2.24, 2.45) is 5.73 Å². The van der Waals surface area contributed by atoms with E-state index in [1.807, 2.05) is 0 Å². The molecule has 1 aromatic rings. The Morgan fingerprint density at radius 3 is 3.00 bits per heavy atom. The van der Waals surface area contributed by atoms with Gasteiger partial charge in [0.15, 0.2) is 0 Å². The van der Waals surface area contributed by atoms with E-state index >= 15 is 0 Å². The molecule has 0 unspecified atom stereocenters. The number of rotatable bonds is 10. The summed E-state index contributed by atoms with van der Waals surface area (Å²) in [4.78, 5) is 18.5. The first-order valence-electron chi connectivity index (χ1n) is 9.72. The zero-order chi connectivity index (χ0) is 18.4. The SMILES string of the molecule is N[C@@H](CCN(CCCCc1ccc2c(n1)NCCC2)C1CC1)C(=O)OCl. The molecule has 0 saturated heterocycles. The fourth-order valence-corrected chi connectivity index (χ4v) is 3.64. The average molecular weight is 381 g/mol. The molecule has 1 aromatic heterocycles. The van der Waals surface area contributed by atoms with Crippen LogP contribution in [0.4, 0.5) is 5.82 Å². The summed E-state index contributed by atoms with van der Waals surface area (Å²) in [6.07, 6.45) is 8.64. The molecule has 1 aliphatic heterocycles. The highest BCUT2D eigenvalue weighted by Gasteiger charge is 2.29. The van der Waals surface area contributed by atoms with E-state index in [-0.39, 0.29) is 0 Å². The van der Waals surface area contributed by atoms with Gasteiger partial charge in [0.1, 0.15) is 23.7 Å². The molecule has 1 atom stereocenters. The largest absolute Gasteiger partial charge is 0.370 e. The molecule has 2 aliphatic rings. The minimum atomic E-state index is -0.638. The molecule has 26 heavy (non-hydrogen) atoms. The molecule has 0 bridgehead atoms. The molecule has 7 heteroatoms. The van der Waals surface area contributed by atoms with E-state index in [1.165, 1.54) is 30.5 Å². The summed E-state index contributed by atoms with van der Waals surface area (Å²) in [5.41, 5.74) is 8.29. The van der Waals surface area contributed by atoms with Crippen LogP contribution in [0.5, 0.6) is 0 Å². The zero-order valence-electron chi connectivity index (χ0n) is 15.3. The average Bonchev–Trinajstić information content (AvgIpc) is 3.51. The predicted molar refractivity (Wildman–Crippen MR) is 103 cm³/mol. The lowest BCUT2D eigenvalue weighted by molar-refractivity contribution is -0.135. The van der Waals surface area contributed by atoms with Crippen LogP contribution in [-0.2, 0) is 21.9 Å². The van der Waals surface area contributed by atoms with Gasteiger partial charge in [-0.2, -0.15) is 0 Å². The van der Waals surface area contributed by atoms with Gasteiger partial charge in [0, 0.05) is 24.8 Å². The number of carbonyl (C=O) groups excluding carboxylic acids is 1. The molecule has 3 N–H and O–H groups in total. The summed E-state index contributed by atoms with van der Waals surface area (Å²) in [7, 11) is 0. The second kappa shape index (κ2) is 9.53. The van der Waals surface area contributed by atoms with Crippen molar-refractivity contribution in [2.45, 2.75) is 63.5 Å². The third-order valence-corrected chi connectivity index (χ3v) is 5.40. The van der Waals surface area contributed by atoms with E-state index in [0.717, 1.165) is 51.1 Å². The number of carbonyl (C=O) groups is 1. The first kappa shape index (κ1) is 19.4. The van der Waals surface area contributed by atoms with Gasteiger partial charge in [-0.1, -0.05) is 6.07 Å². The van der Waals surface area contributed by atoms with Crippen LogP contribution in [0.25, 0.3) is 0 Å². The molecule has 3 rings (SSSR count). The lowest BCUT2D eigenvalue weighted by Gasteiger charge is -2.23. The number of anilines is 1. The molecule has 1 fully saturated rings. The summed E-state index contributed by atoms with van der Waals surface area (Å²) in [5.74, 6) is 0.531. The molecule has 2 heterocycles. The fraction of sp³-hybridized carbons (Fsp3) is 0.684. The topological polar surface area (TPSA) is 80.5 Å². The lowest BCUT2D eigenvalue weighted by atomic mass is 10.1. The maximum absolute atomic E-state index is 11.3. The van der Waals surface area contributed by atoms with Gasteiger partial charge in [0.2, 0.25) is 0 Å². The molecular weight excluding hydrogens is 352 g/mol. The Hall–Kier alpha value is -1.37. The molecule has 0 spiro atoms. The molecule has 144 valence electrons. The second-order valence-electron chi connectivity index (χ2n) is 7.36. The number of aromatic nitrogens is 1. The summed E-state index contributed by atoms with van der Waals surface area (Å²) < 4.78 is 4.19. The monoisotopic (exact) mass is 380 g/mol. The molecule has 1 saturated carbocycles. The van der Waals surface area contributed by atoms with Crippen LogP contribution in [0.1, 0.15) is 49.8 Å². The normalized spacial score (nSPS) is 17.5. The van der Waals surface area contributed by atoms with Gasteiger partial charge in [-0.3, -0.25) is 0 Å². The summed E-state index contributed by atoms with van der Waals surface area (Å²) in [6.45, 7) is 2.88. The van der Waals surface area contributed by atoms with Crippen LogP contribution in [-0.4, -0.2) is 47.6 Å². The van der Waals surface area contributed by atoms with Gasteiger partial charge in [-0.05, 0) is 69.5 Å². The molecule has 0 aromatic carbocycles. The molecule has 6 nitrogen and oxygen atoms in total. The van der Waals surface area contributed by atoms with Crippen LogP contribution in [0.15, 0.2) is 12.1 Å². The molecule has 0 amide bonds. The first-order chi connectivity index (χ1) is 12.7. The first-order valence-corrected chi connectivity index (χ1v) is 10.0. The Morgan fingerprint density at radius 1 is 1.38 bits per heavy atom. The van der Waals surface area contributed by atoms with Gasteiger partial charge in [-0.15, -0.1) is 0 Å². The van der Waals surface area contributed by atoms with Gasteiger partial charge in [-0.25, -0.2) is 9.78 Å². The van der Waals surface area contributed by atoms with Crippen molar-refractivity contribution in [3.8, 4) is 0 Å². The number of halogens is 1.